The van der Waals surface area contributed by atoms with Gasteiger partial charge < -0.3 is 20.2 Å². The molecule has 0 saturated carbocycles. The predicted octanol–water partition coefficient (Wildman–Crippen LogP) is 2.55. The van der Waals surface area contributed by atoms with Crippen molar-refractivity contribution in [3.8, 4) is 0 Å². The molecule has 1 saturated heterocycles. The zero-order chi connectivity index (χ0) is 25.3. The maximum atomic E-state index is 13.2. The van der Waals surface area contributed by atoms with E-state index >= 15 is 0 Å². The number of rotatable bonds is 8. The number of nitro benzene ring substituents is 1. The smallest absolute Gasteiger partial charge is 0.355 e. The fourth-order valence-corrected chi connectivity index (χ4v) is 4.86. The van der Waals surface area contributed by atoms with Gasteiger partial charge in [-0.25, -0.2) is 15.6 Å². The number of benzene rings is 2. The summed E-state index contributed by atoms with van der Waals surface area (Å²) in [5.41, 5.74) is 4.76. The Kier molecular flexibility index (Phi) is 6.96. The van der Waals surface area contributed by atoms with E-state index in [1.165, 1.54) is 35.5 Å². The first kappa shape index (κ1) is 24.5. The fourth-order valence-electron chi connectivity index (χ4n) is 4.38. The van der Waals surface area contributed by atoms with Crippen molar-refractivity contribution in [2.45, 2.75) is 32.1 Å². The van der Waals surface area contributed by atoms with Gasteiger partial charge in [-0.2, -0.15) is 0 Å². The van der Waals surface area contributed by atoms with E-state index in [0.717, 1.165) is 0 Å². The highest BCUT2D eigenvalue weighted by molar-refractivity contribution is 9.10. The molecule has 4 rings (SSSR count). The summed E-state index contributed by atoms with van der Waals surface area (Å²) in [6.07, 6.45) is 0.811. The van der Waals surface area contributed by atoms with Gasteiger partial charge in [0.25, 0.3) is 5.69 Å². The molecule has 3 unspecified atom stereocenters. The number of carbonyl (C=O) groups is 2. The summed E-state index contributed by atoms with van der Waals surface area (Å²) in [5.74, 6) is 3.60. The first-order valence-electron chi connectivity index (χ1n) is 10.7. The van der Waals surface area contributed by atoms with Gasteiger partial charge >= 0.3 is 5.97 Å². The number of hydrogen-bond donors (Lipinski definition) is 3. The Morgan fingerprint density at radius 3 is 2.74 bits per heavy atom. The number of β-lactam (4-membered cyclic amide) rings is 1. The second-order valence-corrected chi connectivity index (χ2v) is 9.11. The molecule has 0 aliphatic carbocycles. The molecule has 2 aliphatic heterocycles. The molecule has 11 nitrogen and oxygen atoms in total. The number of aliphatic hydroxyl groups excluding tert-OH is 1. The minimum Gasteiger partial charge on any atom is -0.456 e. The highest BCUT2D eigenvalue weighted by atomic mass is 79.9. The molecule has 2 aliphatic rings. The van der Waals surface area contributed by atoms with E-state index in [1.807, 2.05) is 6.07 Å². The van der Waals surface area contributed by atoms with Gasteiger partial charge in [-0.05, 0) is 60.4 Å². The second kappa shape index (κ2) is 9.94. The van der Waals surface area contributed by atoms with E-state index in [9.17, 15) is 24.8 Å². The number of non-ortho nitro benzene ring substituents is 1. The van der Waals surface area contributed by atoms with Crippen molar-refractivity contribution in [2.75, 3.05) is 0 Å². The van der Waals surface area contributed by atoms with Gasteiger partial charge in [-0.1, -0.05) is 15.9 Å². The molecule has 35 heavy (non-hydrogen) atoms. The summed E-state index contributed by atoms with van der Waals surface area (Å²) in [5, 5.41) is 20.9. The van der Waals surface area contributed by atoms with Crippen LogP contribution in [0.4, 0.5) is 11.4 Å². The molecule has 4 N–H and O–H groups in total. The third-order valence-electron chi connectivity index (χ3n) is 5.96. The Morgan fingerprint density at radius 1 is 1.40 bits per heavy atom. The average Bonchev–Trinajstić information content (AvgIpc) is 3.16. The number of ether oxygens (including phenoxy) is 1. The zero-order valence-corrected chi connectivity index (χ0v) is 20.1. The van der Waals surface area contributed by atoms with Gasteiger partial charge in [-0.15, -0.1) is 0 Å². The number of nitrogens with two attached hydrogens (primary N) is 1. The lowest BCUT2D eigenvalue weighted by Gasteiger charge is -2.44. The van der Waals surface area contributed by atoms with E-state index in [1.54, 1.807) is 19.1 Å². The van der Waals surface area contributed by atoms with Crippen LogP contribution in [0.1, 0.15) is 24.5 Å². The van der Waals surface area contributed by atoms with Gasteiger partial charge in [-0.3, -0.25) is 14.9 Å². The first-order chi connectivity index (χ1) is 16.7. The molecule has 0 bridgehead atoms. The van der Waals surface area contributed by atoms with Crippen LogP contribution in [-0.4, -0.2) is 45.3 Å². The minimum atomic E-state index is -0.862. The normalized spacial score (nSPS) is 20.0. The molecule has 0 radical (unpaired) electrons. The number of nitrogens with one attached hydrogen (secondary N) is 1. The summed E-state index contributed by atoms with van der Waals surface area (Å²) in [6, 6.07) is 10.6. The van der Waals surface area contributed by atoms with E-state index in [0.29, 0.717) is 33.3 Å². The SMILES string of the molecule is CC(O)C1C(=O)N2C(C(=O)OCc3ccc([N+](=O)[O-])cc3)=C(c3cc(Br)cc(N=CNN)c3)CC12. The van der Waals surface area contributed by atoms with Crippen molar-refractivity contribution in [2.24, 2.45) is 16.8 Å². The summed E-state index contributed by atoms with van der Waals surface area (Å²) in [7, 11) is 0. The minimum absolute atomic E-state index is 0.0722. The number of hydrogen-bond acceptors (Lipinski definition) is 8. The van der Waals surface area contributed by atoms with Crippen molar-refractivity contribution >= 4 is 51.1 Å². The number of hydrazine groups is 1. The quantitative estimate of drug-likeness (QED) is 0.0870. The zero-order valence-electron chi connectivity index (χ0n) is 18.6. The first-order valence-corrected chi connectivity index (χ1v) is 11.4. The van der Waals surface area contributed by atoms with E-state index in [-0.39, 0.29) is 29.9 Å². The van der Waals surface area contributed by atoms with Crippen molar-refractivity contribution in [1.82, 2.24) is 10.3 Å². The largest absolute Gasteiger partial charge is 0.456 e. The number of nitro groups is 1. The molecule has 2 aromatic carbocycles. The van der Waals surface area contributed by atoms with Gasteiger partial charge in [0.1, 0.15) is 18.6 Å². The molecule has 2 aromatic rings. The van der Waals surface area contributed by atoms with Gasteiger partial charge in [0.2, 0.25) is 5.91 Å². The third kappa shape index (κ3) is 4.81. The van der Waals surface area contributed by atoms with Crippen LogP contribution in [0.25, 0.3) is 5.57 Å². The van der Waals surface area contributed by atoms with Crippen molar-refractivity contribution in [3.63, 3.8) is 0 Å². The molecular weight excluding hydrogens is 522 g/mol. The van der Waals surface area contributed by atoms with Crippen LogP contribution in [0.15, 0.2) is 57.6 Å². The summed E-state index contributed by atoms with van der Waals surface area (Å²) in [4.78, 5) is 42.0. The Morgan fingerprint density at radius 2 is 2.11 bits per heavy atom. The number of amides is 1. The van der Waals surface area contributed by atoms with E-state index < -0.39 is 22.9 Å². The van der Waals surface area contributed by atoms with E-state index in [2.05, 4.69) is 26.3 Å². The Bertz CT molecular complexity index is 1240. The molecule has 12 heteroatoms. The highest BCUT2D eigenvalue weighted by Crippen LogP contribution is 2.48. The van der Waals surface area contributed by atoms with Crippen LogP contribution in [0.2, 0.25) is 0 Å². The van der Waals surface area contributed by atoms with Crippen molar-refractivity contribution in [3.05, 3.63) is 73.9 Å². The topological polar surface area (TPSA) is 160 Å². The lowest BCUT2D eigenvalue weighted by molar-refractivity contribution is -0.384. The third-order valence-corrected chi connectivity index (χ3v) is 6.42. The molecule has 0 spiro atoms. The summed E-state index contributed by atoms with van der Waals surface area (Å²) >= 11 is 3.45. The van der Waals surface area contributed by atoms with Crippen LogP contribution in [0, 0.1) is 16.0 Å². The van der Waals surface area contributed by atoms with Gasteiger partial charge in [0, 0.05) is 16.6 Å². The van der Waals surface area contributed by atoms with Crippen LogP contribution in [0.5, 0.6) is 0 Å². The Hall–Kier alpha value is -3.61. The van der Waals surface area contributed by atoms with Crippen LogP contribution in [0.3, 0.4) is 0 Å². The monoisotopic (exact) mass is 543 g/mol. The number of fused-ring (bicyclic) bond motifs is 1. The maximum Gasteiger partial charge on any atom is 0.355 e. The molecule has 0 aromatic heterocycles. The number of carbonyl (C=O) groups excluding carboxylic acids is 2. The number of halogens is 1. The fraction of sp³-hybridized carbons (Fsp3) is 0.261. The van der Waals surface area contributed by atoms with Crippen molar-refractivity contribution < 1.29 is 24.4 Å². The van der Waals surface area contributed by atoms with Crippen LogP contribution < -0.4 is 11.3 Å². The van der Waals surface area contributed by atoms with Crippen LogP contribution in [-0.2, 0) is 20.9 Å². The molecule has 1 fully saturated rings. The molecule has 182 valence electrons. The summed E-state index contributed by atoms with van der Waals surface area (Å²) < 4.78 is 6.20. The summed E-state index contributed by atoms with van der Waals surface area (Å²) in [6.45, 7) is 1.42. The Labute approximate surface area is 208 Å². The number of aliphatic imine (C=N–C) groups is 1. The Balaban J connectivity index is 1.66. The standard InChI is InChI=1S/C23H22BrN5O6/c1-12(30)20-19-9-18(14-6-15(24)8-16(7-14)26-11-27-25)21(28(19)22(20)31)23(32)35-10-13-2-4-17(5-3-13)29(33)34/h2-8,11-12,19-20,30H,9-10,25H2,1H3,(H,26,27). The average molecular weight is 544 g/mol. The molecule has 3 atom stereocenters. The lowest BCUT2D eigenvalue weighted by atomic mass is 9.82. The van der Waals surface area contributed by atoms with Gasteiger partial charge in [0.15, 0.2) is 0 Å². The lowest BCUT2D eigenvalue weighted by Crippen LogP contribution is -2.61. The highest BCUT2D eigenvalue weighted by Gasteiger charge is 2.57. The number of esters is 1. The molecule has 1 amide bonds. The van der Waals surface area contributed by atoms with Crippen LogP contribution >= 0.6 is 15.9 Å². The molecular formula is C23H22BrN5O6. The maximum absolute atomic E-state index is 13.2. The number of aliphatic hydroxyl groups is 1. The predicted molar refractivity (Wildman–Crippen MR) is 130 cm³/mol. The van der Waals surface area contributed by atoms with E-state index in [4.69, 9.17) is 10.6 Å². The van der Waals surface area contributed by atoms with Crippen molar-refractivity contribution in [1.29, 1.82) is 0 Å². The number of nitrogens with zero attached hydrogens (tertiary/aromatic N) is 3. The molecule has 2 heterocycles. The van der Waals surface area contributed by atoms with Gasteiger partial charge in [0.05, 0.1) is 28.7 Å². The second-order valence-electron chi connectivity index (χ2n) is 8.20.